The van der Waals surface area contributed by atoms with E-state index in [9.17, 15) is 5.11 Å². The highest BCUT2D eigenvalue weighted by molar-refractivity contribution is 5.32. The second-order valence-electron chi connectivity index (χ2n) is 4.65. The molecule has 0 saturated carbocycles. The van der Waals surface area contributed by atoms with Gasteiger partial charge in [0, 0.05) is 18.8 Å². The zero-order chi connectivity index (χ0) is 14.4. The summed E-state index contributed by atoms with van der Waals surface area (Å²) in [6.45, 7) is 3.02. The Balaban J connectivity index is 1.85. The normalized spacial score (nSPS) is 11.8. The summed E-state index contributed by atoms with van der Waals surface area (Å²) in [7, 11) is 0. The smallest absolute Gasteiger partial charge is 0.0991 e. The number of aromatic nitrogens is 1. The van der Waals surface area contributed by atoms with Gasteiger partial charge >= 0.3 is 0 Å². The first kappa shape index (κ1) is 14.2. The van der Waals surface area contributed by atoms with Gasteiger partial charge < -0.3 is 10.4 Å². The van der Waals surface area contributed by atoms with E-state index in [0.29, 0.717) is 18.7 Å². The van der Waals surface area contributed by atoms with Gasteiger partial charge in [-0.1, -0.05) is 18.2 Å². The Morgan fingerprint density at radius 3 is 2.65 bits per heavy atom. The maximum absolute atomic E-state index is 10.1. The van der Waals surface area contributed by atoms with Crippen molar-refractivity contribution in [1.82, 2.24) is 10.3 Å². The van der Waals surface area contributed by atoms with Crippen LogP contribution < -0.4 is 5.32 Å². The van der Waals surface area contributed by atoms with Crippen molar-refractivity contribution in [2.45, 2.75) is 19.6 Å². The second-order valence-corrected chi connectivity index (χ2v) is 4.65. The van der Waals surface area contributed by atoms with E-state index in [0.717, 1.165) is 17.0 Å². The van der Waals surface area contributed by atoms with E-state index in [-0.39, 0.29) is 0 Å². The third-order valence-corrected chi connectivity index (χ3v) is 3.01. The van der Waals surface area contributed by atoms with Crippen molar-refractivity contribution in [1.29, 1.82) is 5.26 Å². The summed E-state index contributed by atoms with van der Waals surface area (Å²) >= 11 is 0. The quantitative estimate of drug-likeness (QED) is 0.870. The molecule has 1 aromatic carbocycles. The lowest BCUT2D eigenvalue weighted by Gasteiger charge is -2.12. The minimum absolute atomic E-state index is 0.446. The largest absolute Gasteiger partial charge is 0.387 e. The van der Waals surface area contributed by atoms with E-state index in [1.165, 1.54) is 0 Å². The van der Waals surface area contributed by atoms with Gasteiger partial charge in [-0.05, 0) is 36.8 Å². The van der Waals surface area contributed by atoms with Crippen LogP contribution in [0.5, 0.6) is 0 Å². The fraction of sp³-hybridized carbons (Fsp3) is 0.250. The van der Waals surface area contributed by atoms with Gasteiger partial charge in [-0.2, -0.15) is 5.26 Å². The van der Waals surface area contributed by atoms with Crippen LogP contribution in [0.15, 0.2) is 42.5 Å². The van der Waals surface area contributed by atoms with E-state index < -0.39 is 6.10 Å². The fourth-order valence-corrected chi connectivity index (χ4v) is 1.93. The molecule has 1 unspecified atom stereocenters. The zero-order valence-electron chi connectivity index (χ0n) is 11.4. The topological polar surface area (TPSA) is 68.9 Å². The molecule has 2 rings (SSSR count). The number of aryl methyl sites for hydroxylation is 1. The molecule has 0 bridgehead atoms. The van der Waals surface area contributed by atoms with Crippen molar-refractivity contribution in [3.05, 3.63) is 65.0 Å². The van der Waals surface area contributed by atoms with Crippen LogP contribution >= 0.6 is 0 Å². The number of hydrogen-bond donors (Lipinski definition) is 2. The van der Waals surface area contributed by atoms with Gasteiger partial charge in [0.1, 0.15) is 0 Å². The summed E-state index contributed by atoms with van der Waals surface area (Å²) in [6.07, 6.45) is -0.590. The molecule has 102 valence electrons. The van der Waals surface area contributed by atoms with Crippen LogP contribution in [0, 0.1) is 18.3 Å². The van der Waals surface area contributed by atoms with Crippen LogP contribution in [0.1, 0.15) is 28.6 Å². The molecule has 2 N–H and O–H groups in total. The highest BCUT2D eigenvalue weighted by Gasteiger charge is 2.07. The number of aliphatic hydroxyl groups excluding tert-OH is 1. The molecular formula is C16H17N3O. The average molecular weight is 267 g/mol. The molecule has 4 nitrogen and oxygen atoms in total. The Morgan fingerprint density at radius 2 is 2.00 bits per heavy atom. The predicted molar refractivity (Wildman–Crippen MR) is 76.8 cm³/mol. The van der Waals surface area contributed by atoms with Crippen molar-refractivity contribution in [3.63, 3.8) is 0 Å². The van der Waals surface area contributed by atoms with E-state index in [1.807, 2.05) is 25.1 Å². The molecule has 0 fully saturated rings. The predicted octanol–water partition coefficient (Wildman–Crippen LogP) is 2.08. The SMILES string of the molecule is Cc1cccc(CNCC(O)c2ccc(C#N)cc2)n1. The summed E-state index contributed by atoms with van der Waals surface area (Å²) in [4.78, 5) is 4.39. The van der Waals surface area contributed by atoms with Crippen LogP contribution in [0.2, 0.25) is 0 Å². The van der Waals surface area contributed by atoms with Gasteiger partial charge in [0.15, 0.2) is 0 Å². The van der Waals surface area contributed by atoms with Gasteiger partial charge in [-0.3, -0.25) is 4.98 Å². The van der Waals surface area contributed by atoms with Crippen LogP contribution in [0.25, 0.3) is 0 Å². The minimum Gasteiger partial charge on any atom is -0.387 e. The highest BCUT2D eigenvalue weighted by Crippen LogP contribution is 2.12. The van der Waals surface area contributed by atoms with E-state index in [4.69, 9.17) is 5.26 Å². The molecule has 0 aliphatic heterocycles. The summed E-state index contributed by atoms with van der Waals surface area (Å²) in [5.74, 6) is 0. The monoisotopic (exact) mass is 267 g/mol. The lowest BCUT2D eigenvalue weighted by Crippen LogP contribution is -2.21. The standard InChI is InChI=1S/C16H17N3O/c1-12-3-2-4-15(19-12)10-18-11-16(20)14-7-5-13(9-17)6-8-14/h2-8,16,18,20H,10-11H2,1H3. The molecule has 0 spiro atoms. The van der Waals surface area contributed by atoms with Crippen molar-refractivity contribution in [3.8, 4) is 6.07 Å². The number of benzene rings is 1. The molecule has 0 saturated heterocycles. The maximum Gasteiger partial charge on any atom is 0.0991 e. The molecule has 1 heterocycles. The fourth-order valence-electron chi connectivity index (χ4n) is 1.93. The molecule has 0 aliphatic rings. The van der Waals surface area contributed by atoms with E-state index in [2.05, 4.69) is 16.4 Å². The van der Waals surface area contributed by atoms with Gasteiger partial charge in [0.25, 0.3) is 0 Å². The number of hydrogen-bond acceptors (Lipinski definition) is 4. The number of nitriles is 1. The first-order valence-electron chi connectivity index (χ1n) is 6.50. The Morgan fingerprint density at radius 1 is 1.25 bits per heavy atom. The molecule has 1 atom stereocenters. The van der Waals surface area contributed by atoms with Gasteiger partial charge in [0.05, 0.1) is 23.4 Å². The number of nitrogens with zero attached hydrogens (tertiary/aromatic N) is 2. The third kappa shape index (κ3) is 3.89. The molecule has 20 heavy (non-hydrogen) atoms. The minimum atomic E-state index is -0.590. The van der Waals surface area contributed by atoms with Crippen LogP contribution in [0.4, 0.5) is 0 Å². The van der Waals surface area contributed by atoms with Crippen LogP contribution in [-0.2, 0) is 6.54 Å². The molecule has 1 aromatic heterocycles. The number of nitrogens with one attached hydrogen (secondary N) is 1. The molecule has 4 heteroatoms. The van der Waals surface area contributed by atoms with Crippen molar-refractivity contribution in [2.75, 3.05) is 6.54 Å². The Labute approximate surface area is 118 Å². The Hall–Kier alpha value is -2.22. The zero-order valence-corrected chi connectivity index (χ0v) is 11.4. The van der Waals surface area contributed by atoms with Crippen LogP contribution in [-0.4, -0.2) is 16.6 Å². The number of rotatable bonds is 5. The number of aliphatic hydroxyl groups is 1. The van der Waals surface area contributed by atoms with E-state index in [1.54, 1.807) is 24.3 Å². The first-order chi connectivity index (χ1) is 9.69. The lowest BCUT2D eigenvalue weighted by molar-refractivity contribution is 0.174. The Kier molecular flexibility index (Phi) is 4.83. The summed E-state index contributed by atoms with van der Waals surface area (Å²) in [6, 6.07) is 14.9. The maximum atomic E-state index is 10.1. The molecule has 0 aliphatic carbocycles. The molecule has 0 radical (unpaired) electrons. The summed E-state index contributed by atoms with van der Waals surface area (Å²) in [5, 5.41) is 22.0. The second kappa shape index (κ2) is 6.80. The summed E-state index contributed by atoms with van der Waals surface area (Å²) < 4.78 is 0. The van der Waals surface area contributed by atoms with Crippen molar-refractivity contribution >= 4 is 0 Å². The Bertz CT molecular complexity index is 602. The van der Waals surface area contributed by atoms with Crippen molar-refractivity contribution in [2.24, 2.45) is 0 Å². The number of pyridine rings is 1. The molecule has 2 aromatic rings. The third-order valence-electron chi connectivity index (χ3n) is 3.01. The summed E-state index contributed by atoms with van der Waals surface area (Å²) in [5.41, 5.74) is 3.33. The first-order valence-corrected chi connectivity index (χ1v) is 6.50. The van der Waals surface area contributed by atoms with E-state index >= 15 is 0 Å². The highest BCUT2D eigenvalue weighted by atomic mass is 16.3. The van der Waals surface area contributed by atoms with Crippen molar-refractivity contribution < 1.29 is 5.11 Å². The molecule has 0 amide bonds. The van der Waals surface area contributed by atoms with Gasteiger partial charge in [-0.15, -0.1) is 0 Å². The van der Waals surface area contributed by atoms with Crippen LogP contribution in [0.3, 0.4) is 0 Å². The van der Waals surface area contributed by atoms with Gasteiger partial charge in [0.2, 0.25) is 0 Å². The van der Waals surface area contributed by atoms with Gasteiger partial charge in [-0.25, -0.2) is 0 Å². The lowest BCUT2D eigenvalue weighted by atomic mass is 10.1. The average Bonchev–Trinajstić information content (AvgIpc) is 2.47. The molecular weight excluding hydrogens is 250 g/mol.